The Kier molecular flexibility index (Phi) is 6.04. The summed E-state index contributed by atoms with van der Waals surface area (Å²) < 4.78 is 9.41. The predicted octanol–water partition coefficient (Wildman–Crippen LogP) is 5.09. The number of nitrogens with zero attached hydrogens (tertiary/aromatic N) is 5. The van der Waals surface area contributed by atoms with E-state index in [0.29, 0.717) is 20.3 Å². The van der Waals surface area contributed by atoms with E-state index in [0.717, 1.165) is 33.8 Å². The molecule has 0 spiro atoms. The number of fused-ring (bicyclic) bond motifs is 1. The molecule has 0 radical (unpaired) electrons. The van der Waals surface area contributed by atoms with E-state index in [1.807, 2.05) is 98.1 Å². The average Bonchev–Trinajstić information content (AvgIpc) is 3.60. The fourth-order valence-corrected chi connectivity index (χ4v) is 4.94. The second-order valence-electron chi connectivity index (χ2n) is 8.46. The van der Waals surface area contributed by atoms with Crippen LogP contribution in [0.4, 0.5) is 0 Å². The molecule has 0 bridgehead atoms. The lowest BCUT2D eigenvalue weighted by Crippen LogP contribution is -2.24. The fourth-order valence-electron chi connectivity index (χ4n) is 3.90. The molecular weight excluding hydrogens is 506 g/mol. The maximum atomic E-state index is 13.2. The molecule has 182 valence electrons. The zero-order chi connectivity index (χ0) is 25.4. The quantitative estimate of drug-likeness (QED) is 0.303. The van der Waals surface area contributed by atoms with Gasteiger partial charge in [0.2, 0.25) is 4.96 Å². The molecule has 6 aromatic rings. The van der Waals surface area contributed by atoms with E-state index in [9.17, 15) is 4.79 Å². The van der Waals surface area contributed by atoms with Crippen LogP contribution in [0.15, 0.2) is 89.9 Å². The summed E-state index contributed by atoms with van der Waals surface area (Å²) in [5, 5.41) is 9.83. The van der Waals surface area contributed by atoms with Crippen LogP contribution in [0.3, 0.4) is 0 Å². The minimum Gasteiger partial charge on any atom is -0.486 e. The Morgan fingerprint density at radius 1 is 0.973 bits per heavy atom. The molecule has 6 rings (SSSR count). The van der Waals surface area contributed by atoms with Crippen LogP contribution in [0.5, 0.6) is 5.75 Å². The van der Waals surface area contributed by atoms with Crippen LogP contribution in [0.2, 0.25) is 5.02 Å². The van der Waals surface area contributed by atoms with Gasteiger partial charge in [-0.05, 0) is 49.4 Å². The standard InChI is InChI=1S/C28H20ClN5O2S/c1-18-7-13-23(14-8-18)36-17-25-30-28-34(31-25)27(35)24(37-28)15-20-16-33(22-5-3-2-4-6-22)32-26(20)19-9-11-21(29)12-10-19/h2-16H,17H2,1H3/b24-15-. The third-order valence-electron chi connectivity index (χ3n) is 5.78. The van der Waals surface area contributed by atoms with Gasteiger partial charge in [-0.3, -0.25) is 4.79 Å². The van der Waals surface area contributed by atoms with Gasteiger partial charge in [-0.2, -0.15) is 14.6 Å². The van der Waals surface area contributed by atoms with E-state index in [4.69, 9.17) is 21.4 Å². The Labute approximate surface area is 220 Å². The summed E-state index contributed by atoms with van der Waals surface area (Å²) >= 11 is 7.38. The van der Waals surface area contributed by atoms with Gasteiger partial charge in [-0.25, -0.2) is 4.68 Å². The van der Waals surface area contributed by atoms with Crippen molar-refractivity contribution >= 4 is 34.0 Å². The van der Waals surface area contributed by atoms with Gasteiger partial charge < -0.3 is 4.74 Å². The molecule has 0 unspecified atom stereocenters. The monoisotopic (exact) mass is 525 g/mol. The van der Waals surface area contributed by atoms with E-state index in [1.54, 1.807) is 4.68 Å². The zero-order valence-corrected chi connectivity index (χ0v) is 21.3. The lowest BCUT2D eigenvalue weighted by atomic mass is 10.1. The van der Waals surface area contributed by atoms with Gasteiger partial charge in [-0.1, -0.05) is 71.0 Å². The summed E-state index contributed by atoms with van der Waals surface area (Å²) in [5.41, 5.74) is 4.28. The molecule has 0 saturated heterocycles. The third kappa shape index (κ3) is 4.76. The number of hydrogen-bond acceptors (Lipinski definition) is 6. The Balaban J connectivity index is 1.36. The SMILES string of the molecule is Cc1ccc(OCc2nc3s/c(=C\c4cn(-c5ccccc5)nc4-c4ccc(Cl)cc4)c(=O)n3n2)cc1. The molecule has 0 N–H and O–H groups in total. The van der Waals surface area contributed by atoms with Gasteiger partial charge in [0.25, 0.3) is 5.56 Å². The molecule has 7 nitrogen and oxygen atoms in total. The molecule has 37 heavy (non-hydrogen) atoms. The number of halogens is 1. The lowest BCUT2D eigenvalue weighted by molar-refractivity contribution is 0.296. The van der Waals surface area contributed by atoms with Gasteiger partial charge in [-0.15, -0.1) is 5.10 Å². The molecule has 0 amide bonds. The number of rotatable bonds is 6. The first-order chi connectivity index (χ1) is 18.0. The summed E-state index contributed by atoms with van der Waals surface area (Å²) in [4.78, 5) is 18.2. The molecule has 3 aromatic heterocycles. The molecule has 3 heterocycles. The number of ether oxygens (including phenoxy) is 1. The van der Waals surface area contributed by atoms with E-state index >= 15 is 0 Å². The highest BCUT2D eigenvalue weighted by Crippen LogP contribution is 2.26. The van der Waals surface area contributed by atoms with Crippen LogP contribution in [-0.2, 0) is 6.61 Å². The zero-order valence-electron chi connectivity index (χ0n) is 19.7. The second-order valence-corrected chi connectivity index (χ2v) is 9.91. The predicted molar refractivity (Wildman–Crippen MR) is 145 cm³/mol. The van der Waals surface area contributed by atoms with Crippen LogP contribution >= 0.6 is 22.9 Å². The maximum Gasteiger partial charge on any atom is 0.291 e. The van der Waals surface area contributed by atoms with Crippen molar-refractivity contribution in [2.45, 2.75) is 13.5 Å². The number of para-hydroxylation sites is 1. The first-order valence-electron chi connectivity index (χ1n) is 11.5. The molecule has 0 aliphatic carbocycles. The lowest BCUT2D eigenvalue weighted by Gasteiger charge is -2.03. The van der Waals surface area contributed by atoms with Gasteiger partial charge in [0.15, 0.2) is 5.82 Å². The Morgan fingerprint density at radius 3 is 2.46 bits per heavy atom. The van der Waals surface area contributed by atoms with Gasteiger partial charge in [0.05, 0.1) is 10.2 Å². The van der Waals surface area contributed by atoms with Crippen molar-refractivity contribution < 1.29 is 4.74 Å². The van der Waals surface area contributed by atoms with Crippen molar-refractivity contribution in [1.82, 2.24) is 24.4 Å². The first-order valence-corrected chi connectivity index (χ1v) is 12.7. The summed E-state index contributed by atoms with van der Waals surface area (Å²) in [6.07, 6.45) is 3.75. The largest absolute Gasteiger partial charge is 0.486 e. The summed E-state index contributed by atoms with van der Waals surface area (Å²) in [6.45, 7) is 2.20. The molecule has 3 aromatic carbocycles. The first kappa shape index (κ1) is 23.1. The Morgan fingerprint density at radius 2 is 1.73 bits per heavy atom. The molecular formula is C28H20ClN5O2S. The Hall–Kier alpha value is -4.27. The van der Waals surface area contributed by atoms with E-state index in [1.165, 1.54) is 15.9 Å². The van der Waals surface area contributed by atoms with Crippen LogP contribution in [-0.4, -0.2) is 24.4 Å². The summed E-state index contributed by atoms with van der Waals surface area (Å²) in [5.74, 6) is 1.18. The highest BCUT2D eigenvalue weighted by molar-refractivity contribution is 7.15. The number of thiazole rings is 1. The molecule has 0 atom stereocenters. The van der Waals surface area contributed by atoms with Crippen LogP contribution in [0, 0.1) is 6.92 Å². The number of benzene rings is 3. The fraction of sp³-hybridized carbons (Fsp3) is 0.0714. The van der Waals surface area contributed by atoms with E-state index in [-0.39, 0.29) is 12.2 Å². The molecule has 0 aliphatic rings. The Bertz CT molecular complexity index is 1810. The third-order valence-corrected chi connectivity index (χ3v) is 6.99. The second kappa shape index (κ2) is 9.65. The van der Waals surface area contributed by atoms with Gasteiger partial charge in [0, 0.05) is 22.3 Å². The van der Waals surface area contributed by atoms with Crippen LogP contribution in [0.1, 0.15) is 17.0 Å². The van der Waals surface area contributed by atoms with Crippen molar-refractivity contribution in [3.05, 3.63) is 122 Å². The number of aromatic nitrogens is 5. The highest BCUT2D eigenvalue weighted by atomic mass is 35.5. The van der Waals surface area contributed by atoms with E-state index < -0.39 is 0 Å². The van der Waals surface area contributed by atoms with Gasteiger partial charge >= 0.3 is 0 Å². The van der Waals surface area contributed by atoms with Crippen molar-refractivity contribution in [2.75, 3.05) is 0 Å². The van der Waals surface area contributed by atoms with Crippen molar-refractivity contribution in [3.8, 4) is 22.7 Å². The normalized spacial score (nSPS) is 11.9. The molecule has 0 saturated carbocycles. The van der Waals surface area contributed by atoms with Crippen LogP contribution in [0.25, 0.3) is 28.0 Å². The smallest absolute Gasteiger partial charge is 0.291 e. The maximum absolute atomic E-state index is 13.2. The van der Waals surface area contributed by atoms with Crippen LogP contribution < -0.4 is 14.8 Å². The average molecular weight is 526 g/mol. The summed E-state index contributed by atoms with van der Waals surface area (Å²) in [6, 6.07) is 25.0. The highest BCUT2D eigenvalue weighted by Gasteiger charge is 2.14. The number of hydrogen-bond donors (Lipinski definition) is 0. The minimum atomic E-state index is -0.233. The topological polar surface area (TPSA) is 74.3 Å². The van der Waals surface area contributed by atoms with Crippen molar-refractivity contribution in [1.29, 1.82) is 0 Å². The molecule has 9 heteroatoms. The molecule has 0 fully saturated rings. The van der Waals surface area contributed by atoms with Gasteiger partial charge in [0.1, 0.15) is 18.1 Å². The molecule has 0 aliphatic heterocycles. The minimum absolute atomic E-state index is 0.181. The van der Waals surface area contributed by atoms with Crippen molar-refractivity contribution in [2.24, 2.45) is 0 Å². The van der Waals surface area contributed by atoms with E-state index in [2.05, 4.69) is 10.1 Å². The summed E-state index contributed by atoms with van der Waals surface area (Å²) in [7, 11) is 0. The van der Waals surface area contributed by atoms with Crippen molar-refractivity contribution in [3.63, 3.8) is 0 Å². The number of aryl methyl sites for hydroxylation is 1.